The number of nitrogens with zero attached hydrogens (tertiary/aromatic N) is 2. The third-order valence-electron chi connectivity index (χ3n) is 3.62. The molecule has 1 fully saturated rings. The fourth-order valence-corrected chi connectivity index (χ4v) is 3.39. The second kappa shape index (κ2) is 5.95. The SMILES string of the molecule is Cc1csc2c(=O)n(CC(=O)NC3CCOCC3)cnc12. The average Bonchev–Trinajstić information content (AvgIpc) is 2.85. The molecule has 2 aromatic heterocycles. The van der Waals surface area contributed by atoms with Crippen molar-refractivity contribution in [2.24, 2.45) is 0 Å². The van der Waals surface area contributed by atoms with Crippen molar-refractivity contribution in [1.29, 1.82) is 0 Å². The molecule has 1 aliphatic heterocycles. The largest absolute Gasteiger partial charge is 0.381 e. The summed E-state index contributed by atoms with van der Waals surface area (Å²) in [6.45, 7) is 3.28. The van der Waals surface area contributed by atoms with Gasteiger partial charge < -0.3 is 10.1 Å². The Balaban J connectivity index is 1.73. The van der Waals surface area contributed by atoms with Gasteiger partial charge in [0.15, 0.2) is 0 Å². The highest BCUT2D eigenvalue weighted by atomic mass is 32.1. The molecule has 2 aromatic rings. The Morgan fingerprint density at radius 2 is 2.29 bits per heavy atom. The maximum atomic E-state index is 12.3. The van der Waals surface area contributed by atoms with E-state index in [2.05, 4.69) is 10.3 Å². The summed E-state index contributed by atoms with van der Waals surface area (Å²) in [4.78, 5) is 28.6. The Morgan fingerprint density at radius 1 is 1.52 bits per heavy atom. The van der Waals surface area contributed by atoms with E-state index in [-0.39, 0.29) is 24.1 Å². The van der Waals surface area contributed by atoms with E-state index in [9.17, 15) is 9.59 Å². The van der Waals surface area contributed by atoms with Gasteiger partial charge in [-0.05, 0) is 30.7 Å². The zero-order valence-electron chi connectivity index (χ0n) is 11.8. The van der Waals surface area contributed by atoms with Crippen molar-refractivity contribution < 1.29 is 9.53 Å². The first-order chi connectivity index (χ1) is 10.1. The lowest BCUT2D eigenvalue weighted by molar-refractivity contribution is -0.123. The quantitative estimate of drug-likeness (QED) is 0.920. The zero-order valence-corrected chi connectivity index (χ0v) is 12.6. The molecule has 1 amide bonds. The molecule has 112 valence electrons. The van der Waals surface area contributed by atoms with Crippen LogP contribution >= 0.6 is 11.3 Å². The standard InChI is InChI=1S/C14H17N3O3S/c1-9-7-21-13-12(9)15-8-17(14(13)19)6-11(18)16-10-2-4-20-5-3-10/h7-8,10H,2-6H2,1H3,(H,16,18). The molecule has 0 atom stereocenters. The van der Waals surface area contributed by atoms with E-state index in [1.54, 1.807) is 0 Å². The fraction of sp³-hybridized carbons (Fsp3) is 0.500. The minimum atomic E-state index is -0.154. The van der Waals surface area contributed by atoms with Crippen molar-refractivity contribution in [3.05, 3.63) is 27.6 Å². The molecule has 3 heterocycles. The first-order valence-electron chi connectivity index (χ1n) is 6.95. The fourth-order valence-electron chi connectivity index (χ4n) is 2.44. The van der Waals surface area contributed by atoms with E-state index in [4.69, 9.17) is 4.74 Å². The van der Waals surface area contributed by atoms with Gasteiger partial charge >= 0.3 is 0 Å². The lowest BCUT2D eigenvalue weighted by Gasteiger charge is -2.23. The van der Waals surface area contributed by atoms with Crippen LogP contribution in [0.1, 0.15) is 18.4 Å². The number of carbonyl (C=O) groups excluding carboxylic acids is 1. The van der Waals surface area contributed by atoms with Gasteiger partial charge in [-0.15, -0.1) is 11.3 Å². The molecule has 1 saturated heterocycles. The molecule has 1 N–H and O–H groups in total. The summed E-state index contributed by atoms with van der Waals surface area (Å²) in [6.07, 6.45) is 3.10. The van der Waals surface area contributed by atoms with Crippen LogP contribution in [0.5, 0.6) is 0 Å². The van der Waals surface area contributed by atoms with E-state index in [1.807, 2.05) is 12.3 Å². The van der Waals surface area contributed by atoms with E-state index in [0.717, 1.165) is 23.9 Å². The van der Waals surface area contributed by atoms with Crippen molar-refractivity contribution in [2.75, 3.05) is 13.2 Å². The first kappa shape index (κ1) is 14.2. The smallest absolute Gasteiger partial charge is 0.271 e. The Morgan fingerprint density at radius 3 is 3.05 bits per heavy atom. The number of fused-ring (bicyclic) bond motifs is 1. The second-order valence-electron chi connectivity index (χ2n) is 5.23. The number of rotatable bonds is 3. The highest BCUT2D eigenvalue weighted by Crippen LogP contribution is 2.19. The van der Waals surface area contributed by atoms with Gasteiger partial charge in [-0.3, -0.25) is 14.2 Å². The van der Waals surface area contributed by atoms with Crippen molar-refractivity contribution in [2.45, 2.75) is 32.4 Å². The van der Waals surface area contributed by atoms with Crippen LogP contribution in [0.15, 0.2) is 16.5 Å². The van der Waals surface area contributed by atoms with Gasteiger partial charge in [0.05, 0.1) is 11.8 Å². The topological polar surface area (TPSA) is 73.2 Å². The summed E-state index contributed by atoms with van der Waals surface area (Å²) in [7, 11) is 0. The van der Waals surface area contributed by atoms with Crippen molar-refractivity contribution in [3.8, 4) is 0 Å². The highest BCUT2D eigenvalue weighted by Gasteiger charge is 2.17. The van der Waals surface area contributed by atoms with Crippen molar-refractivity contribution in [1.82, 2.24) is 14.9 Å². The molecule has 6 nitrogen and oxygen atoms in total. The molecular formula is C14H17N3O3S. The minimum absolute atomic E-state index is 0.01000. The third-order valence-corrected chi connectivity index (χ3v) is 4.70. The van der Waals surface area contributed by atoms with Crippen LogP contribution in [0, 0.1) is 6.92 Å². The first-order valence-corrected chi connectivity index (χ1v) is 7.83. The Kier molecular flexibility index (Phi) is 4.03. The molecule has 1 aliphatic rings. The highest BCUT2D eigenvalue weighted by molar-refractivity contribution is 7.17. The molecule has 0 spiro atoms. The number of carbonyl (C=O) groups is 1. The van der Waals surface area contributed by atoms with E-state index < -0.39 is 0 Å². The third kappa shape index (κ3) is 2.98. The molecule has 0 bridgehead atoms. The lowest BCUT2D eigenvalue weighted by atomic mass is 10.1. The van der Waals surface area contributed by atoms with Gasteiger partial charge in [0.1, 0.15) is 11.2 Å². The monoisotopic (exact) mass is 307 g/mol. The maximum Gasteiger partial charge on any atom is 0.271 e. The summed E-state index contributed by atoms with van der Waals surface area (Å²) < 4.78 is 7.23. The van der Waals surface area contributed by atoms with Gasteiger partial charge in [-0.25, -0.2) is 4.98 Å². The van der Waals surface area contributed by atoms with Gasteiger partial charge in [-0.1, -0.05) is 0 Å². The van der Waals surface area contributed by atoms with Gasteiger partial charge in [0, 0.05) is 19.3 Å². The number of hydrogen-bond acceptors (Lipinski definition) is 5. The number of thiophene rings is 1. The number of hydrogen-bond donors (Lipinski definition) is 1. The Bertz CT molecular complexity index is 716. The van der Waals surface area contributed by atoms with Crippen LogP contribution in [0.2, 0.25) is 0 Å². The second-order valence-corrected chi connectivity index (χ2v) is 6.11. The Labute approximate surface area is 125 Å². The van der Waals surface area contributed by atoms with E-state index in [1.165, 1.54) is 22.2 Å². The average molecular weight is 307 g/mol. The van der Waals surface area contributed by atoms with Gasteiger partial charge in [0.2, 0.25) is 5.91 Å². The molecule has 7 heteroatoms. The summed E-state index contributed by atoms with van der Waals surface area (Å²) >= 11 is 1.37. The predicted molar refractivity (Wildman–Crippen MR) is 80.6 cm³/mol. The molecule has 3 rings (SSSR count). The number of aryl methyl sites for hydroxylation is 1. The van der Waals surface area contributed by atoms with Gasteiger partial charge in [0.25, 0.3) is 5.56 Å². The molecule has 0 saturated carbocycles. The van der Waals surface area contributed by atoms with E-state index >= 15 is 0 Å². The van der Waals surface area contributed by atoms with Crippen LogP contribution in [-0.4, -0.2) is 34.7 Å². The molecule has 0 aromatic carbocycles. The van der Waals surface area contributed by atoms with Crippen LogP contribution in [0.4, 0.5) is 0 Å². The number of nitrogens with one attached hydrogen (secondary N) is 1. The minimum Gasteiger partial charge on any atom is -0.381 e. The van der Waals surface area contributed by atoms with Gasteiger partial charge in [-0.2, -0.15) is 0 Å². The maximum absolute atomic E-state index is 12.3. The summed E-state index contributed by atoms with van der Waals surface area (Å²) in [5.74, 6) is -0.154. The number of amides is 1. The van der Waals surface area contributed by atoms with Crippen LogP contribution in [0.25, 0.3) is 10.2 Å². The molecule has 0 aliphatic carbocycles. The molecular weight excluding hydrogens is 290 g/mol. The normalized spacial score (nSPS) is 16.2. The zero-order chi connectivity index (χ0) is 14.8. The summed E-state index contributed by atoms with van der Waals surface area (Å²) in [6, 6.07) is 0.141. The lowest BCUT2D eigenvalue weighted by Crippen LogP contribution is -2.41. The summed E-state index contributed by atoms with van der Waals surface area (Å²) in [5, 5.41) is 4.85. The number of aromatic nitrogens is 2. The Hall–Kier alpha value is -1.73. The number of ether oxygens (including phenoxy) is 1. The van der Waals surface area contributed by atoms with Crippen molar-refractivity contribution in [3.63, 3.8) is 0 Å². The molecule has 0 radical (unpaired) electrons. The van der Waals surface area contributed by atoms with Crippen molar-refractivity contribution >= 4 is 27.5 Å². The van der Waals surface area contributed by atoms with Crippen LogP contribution in [0.3, 0.4) is 0 Å². The van der Waals surface area contributed by atoms with Crippen LogP contribution < -0.4 is 10.9 Å². The summed E-state index contributed by atoms with van der Waals surface area (Å²) in [5.41, 5.74) is 1.57. The predicted octanol–water partition coefficient (Wildman–Crippen LogP) is 1.06. The van der Waals surface area contributed by atoms with E-state index in [0.29, 0.717) is 17.9 Å². The molecule has 0 unspecified atom stereocenters. The van der Waals surface area contributed by atoms with Crippen LogP contribution in [-0.2, 0) is 16.1 Å². The molecule has 21 heavy (non-hydrogen) atoms.